The zero-order valence-electron chi connectivity index (χ0n) is 6.58. The number of aryl methyl sites for hydroxylation is 1. The molecule has 60 valence electrons. The number of pyridine rings is 2. The molecule has 0 unspecified atom stereocenters. The van der Waals surface area contributed by atoms with Crippen molar-refractivity contribution in [3.8, 4) is 0 Å². The van der Waals surface area contributed by atoms with Gasteiger partial charge in [0.05, 0.1) is 0 Å². The second-order valence-corrected chi connectivity index (χ2v) is 3.62. The minimum Gasteiger partial charge on any atom is -0.261 e. The fourth-order valence-corrected chi connectivity index (χ4v) is 2.10. The molecule has 0 N–H and O–H groups in total. The third-order valence-electron chi connectivity index (χ3n) is 1.82. The van der Waals surface area contributed by atoms with E-state index < -0.39 is 0 Å². The van der Waals surface area contributed by atoms with Crippen molar-refractivity contribution in [2.24, 2.45) is 0 Å². The topological polar surface area (TPSA) is 25.8 Å². The smallest absolute Gasteiger partial charge is 0.110 e. The van der Waals surface area contributed by atoms with Crippen LogP contribution in [-0.2, 0) is 0 Å². The quantitative estimate of drug-likeness (QED) is 0.543. The Balaban J connectivity index is 2.96. The molecule has 3 heteroatoms. The first-order valence-electron chi connectivity index (χ1n) is 3.65. The van der Waals surface area contributed by atoms with Crippen molar-refractivity contribution in [3.63, 3.8) is 0 Å². The van der Waals surface area contributed by atoms with Gasteiger partial charge in [0.1, 0.15) is 3.70 Å². The van der Waals surface area contributed by atoms with Gasteiger partial charge in [-0.15, -0.1) is 0 Å². The van der Waals surface area contributed by atoms with Crippen LogP contribution < -0.4 is 0 Å². The molecule has 2 rings (SSSR count). The molecule has 12 heavy (non-hydrogen) atoms. The van der Waals surface area contributed by atoms with Crippen LogP contribution in [0.15, 0.2) is 24.5 Å². The van der Waals surface area contributed by atoms with Gasteiger partial charge >= 0.3 is 0 Å². The van der Waals surface area contributed by atoms with Crippen LogP contribution >= 0.6 is 22.6 Å². The number of aromatic nitrogens is 2. The molecule has 0 saturated heterocycles. The Bertz CT molecular complexity index is 389. The van der Waals surface area contributed by atoms with Crippen LogP contribution in [0.4, 0.5) is 0 Å². The van der Waals surface area contributed by atoms with Crippen molar-refractivity contribution in [2.75, 3.05) is 0 Å². The van der Waals surface area contributed by atoms with Gasteiger partial charge in [-0.3, -0.25) is 4.98 Å². The van der Waals surface area contributed by atoms with Gasteiger partial charge in [0.2, 0.25) is 0 Å². The SMILES string of the molecule is Cc1nccc2ccnc(I)c12. The minimum atomic E-state index is 1.02. The highest BCUT2D eigenvalue weighted by molar-refractivity contribution is 14.1. The third kappa shape index (κ3) is 1.18. The highest BCUT2D eigenvalue weighted by atomic mass is 127. The molecular weight excluding hydrogens is 263 g/mol. The van der Waals surface area contributed by atoms with Crippen molar-refractivity contribution in [1.29, 1.82) is 0 Å². The van der Waals surface area contributed by atoms with Crippen LogP contribution in [0, 0.1) is 10.6 Å². The van der Waals surface area contributed by atoms with Crippen molar-refractivity contribution in [1.82, 2.24) is 9.97 Å². The van der Waals surface area contributed by atoms with Crippen LogP contribution in [0.2, 0.25) is 0 Å². The number of hydrogen-bond acceptors (Lipinski definition) is 2. The molecule has 0 bridgehead atoms. The molecule has 2 nitrogen and oxygen atoms in total. The fourth-order valence-electron chi connectivity index (χ4n) is 1.24. The Morgan fingerprint density at radius 3 is 2.50 bits per heavy atom. The maximum absolute atomic E-state index is 4.22. The lowest BCUT2D eigenvalue weighted by Gasteiger charge is -2.01. The standard InChI is InChI=1S/C9H7IN2/c1-6-8-7(2-4-11-6)3-5-12-9(8)10/h2-5H,1H3. The van der Waals surface area contributed by atoms with E-state index in [-0.39, 0.29) is 0 Å². The molecule has 0 spiro atoms. The summed E-state index contributed by atoms with van der Waals surface area (Å²) in [5.41, 5.74) is 1.05. The summed E-state index contributed by atoms with van der Waals surface area (Å²) in [7, 11) is 0. The summed E-state index contributed by atoms with van der Waals surface area (Å²) in [6.45, 7) is 2.01. The molecule has 0 radical (unpaired) electrons. The van der Waals surface area contributed by atoms with E-state index in [4.69, 9.17) is 0 Å². The first kappa shape index (κ1) is 7.91. The van der Waals surface area contributed by atoms with E-state index >= 15 is 0 Å². The van der Waals surface area contributed by atoms with E-state index in [1.807, 2.05) is 31.5 Å². The van der Waals surface area contributed by atoms with Gasteiger partial charge in [-0.1, -0.05) is 0 Å². The molecule has 0 aliphatic heterocycles. The van der Waals surface area contributed by atoms with Crippen molar-refractivity contribution in [2.45, 2.75) is 6.92 Å². The minimum absolute atomic E-state index is 1.02. The zero-order valence-corrected chi connectivity index (χ0v) is 8.74. The maximum atomic E-state index is 4.22. The summed E-state index contributed by atoms with van der Waals surface area (Å²) in [5, 5.41) is 2.38. The van der Waals surface area contributed by atoms with E-state index in [0.29, 0.717) is 0 Å². The largest absolute Gasteiger partial charge is 0.261 e. The molecule has 2 aromatic heterocycles. The molecular formula is C9H7IN2. The fraction of sp³-hybridized carbons (Fsp3) is 0.111. The lowest BCUT2D eigenvalue weighted by Crippen LogP contribution is -1.88. The first-order chi connectivity index (χ1) is 5.79. The zero-order chi connectivity index (χ0) is 8.55. The van der Waals surface area contributed by atoms with Gasteiger partial charge in [0.25, 0.3) is 0 Å². The van der Waals surface area contributed by atoms with Crippen LogP contribution in [0.1, 0.15) is 5.69 Å². The highest BCUT2D eigenvalue weighted by Gasteiger charge is 2.01. The summed E-state index contributed by atoms with van der Waals surface area (Å²) in [4.78, 5) is 8.44. The van der Waals surface area contributed by atoms with E-state index in [0.717, 1.165) is 9.39 Å². The van der Waals surface area contributed by atoms with Gasteiger partial charge < -0.3 is 0 Å². The van der Waals surface area contributed by atoms with Gasteiger partial charge in [-0.25, -0.2) is 4.98 Å². The number of fused-ring (bicyclic) bond motifs is 1. The molecule has 0 aliphatic rings. The Labute approximate surface area is 84.2 Å². The Morgan fingerprint density at radius 2 is 1.83 bits per heavy atom. The van der Waals surface area contributed by atoms with E-state index in [1.54, 1.807) is 0 Å². The van der Waals surface area contributed by atoms with Crippen LogP contribution in [0.3, 0.4) is 0 Å². The van der Waals surface area contributed by atoms with Crippen LogP contribution in [0.5, 0.6) is 0 Å². The number of hydrogen-bond donors (Lipinski definition) is 0. The van der Waals surface area contributed by atoms with Crippen molar-refractivity contribution >= 4 is 33.4 Å². The van der Waals surface area contributed by atoms with Gasteiger partial charge in [-0.2, -0.15) is 0 Å². The number of nitrogens with zero attached hydrogens (tertiary/aromatic N) is 2. The Morgan fingerprint density at radius 1 is 1.17 bits per heavy atom. The second-order valence-electron chi connectivity index (χ2n) is 2.60. The predicted octanol–water partition coefficient (Wildman–Crippen LogP) is 2.54. The van der Waals surface area contributed by atoms with Crippen molar-refractivity contribution < 1.29 is 0 Å². The summed E-state index contributed by atoms with van der Waals surface area (Å²) >= 11 is 2.23. The van der Waals surface area contributed by atoms with Crippen LogP contribution in [-0.4, -0.2) is 9.97 Å². The van der Waals surface area contributed by atoms with E-state index in [2.05, 4.69) is 32.6 Å². The maximum Gasteiger partial charge on any atom is 0.110 e. The first-order valence-corrected chi connectivity index (χ1v) is 4.73. The second kappa shape index (κ2) is 2.97. The summed E-state index contributed by atoms with van der Waals surface area (Å²) in [6, 6.07) is 4.01. The number of rotatable bonds is 0. The normalized spacial score (nSPS) is 10.5. The predicted molar refractivity (Wildman–Crippen MR) is 57.0 cm³/mol. The average Bonchev–Trinajstić information content (AvgIpc) is 2.04. The van der Waals surface area contributed by atoms with Gasteiger partial charge in [-0.05, 0) is 47.0 Å². The van der Waals surface area contributed by atoms with Gasteiger partial charge in [0.15, 0.2) is 0 Å². The summed E-state index contributed by atoms with van der Waals surface area (Å²) < 4.78 is 1.02. The molecule has 0 aromatic carbocycles. The van der Waals surface area contributed by atoms with E-state index in [9.17, 15) is 0 Å². The lowest BCUT2D eigenvalue weighted by molar-refractivity contribution is 1.21. The molecule has 0 saturated carbocycles. The van der Waals surface area contributed by atoms with Crippen molar-refractivity contribution in [3.05, 3.63) is 33.9 Å². The van der Waals surface area contributed by atoms with Crippen LogP contribution in [0.25, 0.3) is 10.8 Å². The lowest BCUT2D eigenvalue weighted by atomic mass is 10.2. The molecule has 2 aromatic rings. The average molecular weight is 270 g/mol. The number of halogens is 1. The molecule has 0 fully saturated rings. The molecule has 0 amide bonds. The Hall–Kier alpha value is -0.710. The third-order valence-corrected chi connectivity index (χ3v) is 2.64. The Kier molecular flexibility index (Phi) is 1.96. The molecule has 0 aliphatic carbocycles. The highest BCUT2D eigenvalue weighted by Crippen LogP contribution is 2.19. The summed E-state index contributed by atoms with van der Waals surface area (Å²) in [6.07, 6.45) is 3.65. The molecule has 2 heterocycles. The van der Waals surface area contributed by atoms with E-state index in [1.165, 1.54) is 10.8 Å². The summed E-state index contributed by atoms with van der Waals surface area (Å²) in [5.74, 6) is 0. The molecule has 0 atom stereocenters. The monoisotopic (exact) mass is 270 g/mol. The van der Waals surface area contributed by atoms with Gasteiger partial charge in [0, 0.05) is 23.5 Å².